The first-order chi connectivity index (χ1) is 11.4. The Morgan fingerprint density at radius 1 is 1.13 bits per heavy atom. The number of piperidine rings is 1. The van der Waals surface area contributed by atoms with Crippen LogP contribution in [-0.2, 0) is 6.54 Å². The molecule has 0 radical (unpaired) electrons. The summed E-state index contributed by atoms with van der Waals surface area (Å²) < 4.78 is 0. The average molecular weight is 305 g/mol. The molecule has 2 aromatic rings. The number of pyridine rings is 1. The highest BCUT2D eigenvalue weighted by molar-refractivity contribution is 5.50. The van der Waals surface area contributed by atoms with Crippen molar-refractivity contribution in [3.8, 4) is 0 Å². The van der Waals surface area contributed by atoms with E-state index in [0.717, 1.165) is 19.6 Å². The van der Waals surface area contributed by atoms with Gasteiger partial charge in [0.05, 0.1) is 5.69 Å². The number of hydrogen-bond acceptors (Lipinski definition) is 3. The zero-order valence-corrected chi connectivity index (χ0v) is 13.5. The lowest BCUT2D eigenvalue weighted by Gasteiger charge is -2.59. The average Bonchev–Trinajstić information content (AvgIpc) is 2.62. The van der Waals surface area contributed by atoms with Crippen LogP contribution in [0.5, 0.6) is 0 Å². The number of piperazine rings is 1. The summed E-state index contributed by atoms with van der Waals surface area (Å²) in [7, 11) is 0. The lowest BCUT2D eigenvalue weighted by molar-refractivity contribution is -0.0491. The molecule has 3 heteroatoms. The standard InChI is InChI=1S/C20H23N3/c1-2-5-15-7-9-16(10-8-15)20-18-12-21-13-19(20)23(18)14-17-6-3-4-11-22-17/h2-11,18-21H,12-14H2,1H3/t18-,19+,20?. The molecule has 1 unspecified atom stereocenters. The van der Waals surface area contributed by atoms with Gasteiger partial charge in [0.2, 0.25) is 0 Å². The van der Waals surface area contributed by atoms with Gasteiger partial charge in [-0.15, -0.1) is 0 Å². The third-order valence-corrected chi connectivity index (χ3v) is 5.14. The number of fused-ring (bicyclic) bond motifs is 2. The van der Waals surface area contributed by atoms with Gasteiger partial charge >= 0.3 is 0 Å². The molecule has 2 saturated heterocycles. The number of nitrogens with one attached hydrogen (secondary N) is 1. The highest BCUT2D eigenvalue weighted by atomic mass is 15.3. The molecule has 2 aliphatic heterocycles. The van der Waals surface area contributed by atoms with Gasteiger partial charge in [0, 0.05) is 43.8 Å². The van der Waals surface area contributed by atoms with Gasteiger partial charge in [-0.25, -0.2) is 0 Å². The Morgan fingerprint density at radius 3 is 2.57 bits per heavy atom. The molecular weight excluding hydrogens is 282 g/mol. The van der Waals surface area contributed by atoms with Crippen LogP contribution in [0.15, 0.2) is 54.7 Å². The Balaban J connectivity index is 1.51. The molecule has 1 aromatic carbocycles. The zero-order valence-electron chi connectivity index (χ0n) is 13.5. The van der Waals surface area contributed by atoms with Crippen molar-refractivity contribution in [3.05, 3.63) is 71.6 Å². The minimum atomic E-state index is 0.586. The summed E-state index contributed by atoms with van der Waals surface area (Å²) in [5, 5.41) is 3.56. The second-order valence-corrected chi connectivity index (χ2v) is 6.48. The van der Waals surface area contributed by atoms with Crippen molar-refractivity contribution < 1.29 is 0 Å². The van der Waals surface area contributed by atoms with Crippen LogP contribution in [0.2, 0.25) is 0 Å². The molecular formula is C20H23N3. The molecule has 3 nitrogen and oxygen atoms in total. The molecule has 118 valence electrons. The van der Waals surface area contributed by atoms with Gasteiger partial charge in [0.15, 0.2) is 0 Å². The lowest BCUT2D eigenvalue weighted by atomic mass is 9.72. The molecule has 0 spiro atoms. The van der Waals surface area contributed by atoms with E-state index < -0.39 is 0 Å². The van der Waals surface area contributed by atoms with Gasteiger partial charge in [0.1, 0.15) is 0 Å². The van der Waals surface area contributed by atoms with Gasteiger partial charge in [-0.1, -0.05) is 42.5 Å². The molecule has 0 saturated carbocycles. The van der Waals surface area contributed by atoms with Crippen LogP contribution in [0.1, 0.15) is 29.7 Å². The van der Waals surface area contributed by atoms with Crippen molar-refractivity contribution in [2.75, 3.05) is 13.1 Å². The Morgan fingerprint density at radius 2 is 1.91 bits per heavy atom. The number of nitrogens with zero attached hydrogens (tertiary/aromatic N) is 2. The molecule has 3 heterocycles. The fraction of sp³-hybridized carbons (Fsp3) is 0.350. The largest absolute Gasteiger partial charge is 0.314 e. The van der Waals surface area contributed by atoms with E-state index >= 15 is 0 Å². The van der Waals surface area contributed by atoms with Crippen LogP contribution in [0.4, 0.5) is 0 Å². The fourth-order valence-electron chi connectivity index (χ4n) is 4.06. The lowest BCUT2D eigenvalue weighted by Crippen LogP contribution is -2.72. The molecule has 2 aliphatic rings. The smallest absolute Gasteiger partial charge is 0.0544 e. The number of allylic oxidation sites excluding steroid dienone is 1. The monoisotopic (exact) mass is 305 g/mol. The zero-order chi connectivity index (χ0) is 15.6. The van der Waals surface area contributed by atoms with E-state index in [2.05, 4.69) is 70.7 Å². The summed E-state index contributed by atoms with van der Waals surface area (Å²) in [6.07, 6.45) is 6.13. The van der Waals surface area contributed by atoms with E-state index in [9.17, 15) is 0 Å². The van der Waals surface area contributed by atoms with E-state index in [0.29, 0.717) is 18.0 Å². The number of rotatable bonds is 4. The van der Waals surface area contributed by atoms with Gasteiger partial charge < -0.3 is 5.32 Å². The van der Waals surface area contributed by atoms with E-state index in [4.69, 9.17) is 0 Å². The molecule has 23 heavy (non-hydrogen) atoms. The van der Waals surface area contributed by atoms with Crippen LogP contribution < -0.4 is 5.32 Å². The molecule has 1 aromatic heterocycles. The van der Waals surface area contributed by atoms with E-state index in [1.165, 1.54) is 16.8 Å². The van der Waals surface area contributed by atoms with Gasteiger partial charge in [0.25, 0.3) is 0 Å². The minimum absolute atomic E-state index is 0.586. The minimum Gasteiger partial charge on any atom is -0.314 e. The van der Waals surface area contributed by atoms with Gasteiger partial charge in [-0.3, -0.25) is 9.88 Å². The quantitative estimate of drug-likeness (QED) is 0.941. The Kier molecular flexibility index (Phi) is 3.98. The van der Waals surface area contributed by atoms with Crippen LogP contribution in [-0.4, -0.2) is 35.1 Å². The van der Waals surface area contributed by atoms with Crippen molar-refractivity contribution in [2.45, 2.75) is 31.5 Å². The first-order valence-electron chi connectivity index (χ1n) is 8.46. The second-order valence-electron chi connectivity index (χ2n) is 6.48. The molecule has 0 amide bonds. The normalized spacial score (nSPS) is 27.1. The fourth-order valence-corrected chi connectivity index (χ4v) is 4.06. The number of hydrogen-bond donors (Lipinski definition) is 1. The summed E-state index contributed by atoms with van der Waals surface area (Å²) in [4.78, 5) is 7.10. The molecule has 0 aliphatic carbocycles. The number of benzene rings is 1. The Labute approximate surface area is 138 Å². The van der Waals surface area contributed by atoms with Crippen molar-refractivity contribution >= 4 is 6.08 Å². The maximum Gasteiger partial charge on any atom is 0.0544 e. The predicted molar refractivity (Wildman–Crippen MR) is 94.1 cm³/mol. The van der Waals surface area contributed by atoms with Crippen molar-refractivity contribution in [2.24, 2.45) is 0 Å². The van der Waals surface area contributed by atoms with Crippen molar-refractivity contribution in [1.29, 1.82) is 0 Å². The van der Waals surface area contributed by atoms with Gasteiger partial charge in [-0.05, 0) is 30.2 Å². The van der Waals surface area contributed by atoms with Crippen LogP contribution in [0.3, 0.4) is 0 Å². The second kappa shape index (κ2) is 6.26. The van der Waals surface area contributed by atoms with Crippen LogP contribution in [0, 0.1) is 0 Å². The Hall–Kier alpha value is -1.97. The first-order valence-corrected chi connectivity index (χ1v) is 8.46. The highest BCUT2D eigenvalue weighted by Crippen LogP contribution is 2.43. The Bertz CT molecular complexity index is 666. The maximum absolute atomic E-state index is 4.49. The topological polar surface area (TPSA) is 28.2 Å². The summed E-state index contributed by atoms with van der Waals surface area (Å²) in [5.74, 6) is 0.652. The van der Waals surface area contributed by atoms with Crippen molar-refractivity contribution in [1.82, 2.24) is 15.2 Å². The third-order valence-electron chi connectivity index (χ3n) is 5.14. The van der Waals surface area contributed by atoms with Crippen molar-refractivity contribution in [3.63, 3.8) is 0 Å². The summed E-state index contributed by atoms with van der Waals surface area (Å²) >= 11 is 0. The van der Waals surface area contributed by atoms with Crippen LogP contribution >= 0.6 is 0 Å². The molecule has 4 rings (SSSR count). The van der Waals surface area contributed by atoms with Gasteiger partial charge in [-0.2, -0.15) is 0 Å². The highest BCUT2D eigenvalue weighted by Gasteiger charge is 2.50. The van der Waals surface area contributed by atoms with E-state index in [1.54, 1.807) is 0 Å². The molecule has 1 N–H and O–H groups in total. The summed E-state index contributed by atoms with van der Waals surface area (Å²) in [6, 6.07) is 16.5. The third kappa shape index (κ3) is 2.71. The van der Waals surface area contributed by atoms with E-state index in [-0.39, 0.29) is 0 Å². The number of likely N-dealkylation sites (tertiary alicyclic amines) is 1. The molecule has 2 fully saturated rings. The number of aromatic nitrogens is 1. The van der Waals surface area contributed by atoms with E-state index in [1.807, 2.05) is 12.3 Å². The first kappa shape index (κ1) is 14.6. The summed E-state index contributed by atoms with van der Waals surface area (Å²) in [6.45, 7) is 5.17. The molecule has 2 bridgehead atoms. The maximum atomic E-state index is 4.49. The SMILES string of the molecule is CC=Cc1ccc(C2[C@H]3CNC[C@@H]2N3Cc2ccccn2)cc1. The molecule has 3 atom stereocenters. The van der Waals surface area contributed by atoms with Crippen LogP contribution in [0.25, 0.3) is 6.08 Å². The summed E-state index contributed by atoms with van der Waals surface area (Å²) in [5.41, 5.74) is 3.93. The predicted octanol–water partition coefficient (Wildman–Crippen LogP) is 3.05.